The molecule has 0 saturated carbocycles. The Balaban J connectivity index is 1.93. The van der Waals surface area contributed by atoms with E-state index in [2.05, 4.69) is 20.5 Å². The maximum absolute atomic E-state index is 11.8. The molecule has 18 heavy (non-hydrogen) atoms. The van der Waals surface area contributed by atoms with Crippen LogP contribution in [-0.4, -0.2) is 26.3 Å². The standard InChI is InChI=1S/C11H11ClN4OS/c1-7(10(17)15-11-13-6-14-16-11)18-9-4-2-8(12)3-5-9/h2-7H,1H3,(H2,13,14,15,16,17). The van der Waals surface area contributed by atoms with Crippen molar-refractivity contribution in [2.75, 3.05) is 5.32 Å². The highest BCUT2D eigenvalue weighted by Crippen LogP contribution is 2.25. The Hall–Kier alpha value is -1.53. The molecule has 0 aliphatic heterocycles. The van der Waals surface area contributed by atoms with Crippen LogP contribution in [0.1, 0.15) is 6.92 Å². The SMILES string of the molecule is CC(Sc1ccc(Cl)cc1)C(=O)Nc1ncn[nH]1. The van der Waals surface area contributed by atoms with Crippen molar-refractivity contribution in [2.24, 2.45) is 0 Å². The van der Waals surface area contributed by atoms with Crippen LogP contribution in [0.4, 0.5) is 5.95 Å². The second-order valence-corrected chi connectivity index (χ2v) is 5.39. The van der Waals surface area contributed by atoms with E-state index in [0.29, 0.717) is 11.0 Å². The zero-order valence-electron chi connectivity index (χ0n) is 9.55. The average molecular weight is 283 g/mol. The quantitative estimate of drug-likeness (QED) is 0.846. The Kier molecular flexibility index (Phi) is 4.22. The van der Waals surface area contributed by atoms with Gasteiger partial charge in [0.1, 0.15) is 6.33 Å². The van der Waals surface area contributed by atoms with Gasteiger partial charge in [-0.25, -0.2) is 5.10 Å². The van der Waals surface area contributed by atoms with E-state index in [1.165, 1.54) is 18.1 Å². The molecule has 0 aliphatic carbocycles. The fourth-order valence-electron chi connectivity index (χ4n) is 1.25. The third-order valence-electron chi connectivity index (χ3n) is 2.15. The number of hydrogen-bond acceptors (Lipinski definition) is 4. The van der Waals surface area contributed by atoms with Gasteiger partial charge in [-0.2, -0.15) is 10.1 Å². The summed E-state index contributed by atoms with van der Waals surface area (Å²) in [6, 6.07) is 7.35. The predicted octanol–water partition coefficient (Wildman–Crippen LogP) is 2.58. The molecule has 2 rings (SSSR count). The molecule has 0 spiro atoms. The fraction of sp³-hybridized carbons (Fsp3) is 0.182. The number of nitrogens with one attached hydrogen (secondary N) is 2. The van der Waals surface area contributed by atoms with Gasteiger partial charge in [0, 0.05) is 9.92 Å². The highest BCUT2D eigenvalue weighted by molar-refractivity contribution is 8.00. The lowest BCUT2D eigenvalue weighted by Crippen LogP contribution is -2.23. The summed E-state index contributed by atoms with van der Waals surface area (Å²) < 4.78 is 0. The largest absolute Gasteiger partial charge is 0.294 e. The van der Waals surface area contributed by atoms with Crippen molar-refractivity contribution in [3.63, 3.8) is 0 Å². The number of benzene rings is 1. The number of rotatable bonds is 4. The van der Waals surface area contributed by atoms with Crippen molar-refractivity contribution in [3.05, 3.63) is 35.6 Å². The third kappa shape index (κ3) is 3.48. The van der Waals surface area contributed by atoms with Gasteiger partial charge in [0.15, 0.2) is 0 Å². The van der Waals surface area contributed by atoms with E-state index < -0.39 is 0 Å². The highest BCUT2D eigenvalue weighted by atomic mass is 35.5. The normalized spacial score (nSPS) is 12.1. The summed E-state index contributed by atoms with van der Waals surface area (Å²) in [6.45, 7) is 1.82. The summed E-state index contributed by atoms with van der Waals surface area (Å²) in [4.78, 5) is 16.7. The van der Waals surface area contributed by atoms with Crippen LogP contribution in [0.2, 0.25) is 5.02 Å². The molecule has 94 valence electrons. The van der Waals surface area contributed by atoms with E-state index in [1.807, 2.05) is 19.1 Å². The number of carbonyl (C=O) groups is 1. The van der Waals surface area contributed by atoms with Crippen LogP contribution in [-0.2, 0) is 4.79 Å². The molecule has 0 aliphatic rings. The molecule has 1 aromatic heterocycles. The number of halogens is 1. The van der Waals surface area contributed by atoms with Gasteiger partial charge >= 0.3 is 0 Å². The van der Waals surface area contributed by atoms with Gasteiger partial charge in [-0.3, -0.25) is 10.1 Å². The zero-order chi connectivity index (χ0) is 13.0. The van der Waals surface area contributed by atoms with E-state index in [9.17, 15) is 4.79 Å². The van der Waals surface area contributed by atoms with Gasteiger partial charge in [-0.05, 0) is 31.2 Å². The summed E-state index contributed by atoms with van der Waals surface area (Å²) in [5.41, 5.74) is 0. The summed E-state index contributed by atoms with van der Waals surface area (Å²) >= 11 is 7.25. The second kappa shape index (κ2) is 5.88. The molecule has 0 bridgehead atoms. The summed E-state index contributed by atoms with van der Waals surface area (Å²) in [5, 5.41) is 9.31. The number of aromatic amines is 1. The zero-order valence-corrected chi connectivity index (χ0v) is 11.1. The molecular weight excluding hydrogens is 272 g/mol. The fourth-order valence-corrected chi connectivity index (χ4v) is 2.25. The van der Waals surface area contributed by atoms with Crippen LogP contribution in [0.25, 0.3) is 0 Å². The maximum Gasteiger partial charge on any atom is 0.239 e. The third-order valence-corrected chi connectivity index (χ3v) is 3.52. The summed E-state index contributed by atoms with van der Waals surface area (Å²) in [6.07, 6.45) is 1.34. The number of thioether (sulfide) groups is 1. The number of carbonyl (C=O) groups excluding carboxylic acids is 1. The molecule has 0 radical (unpaired) electrons. The van der Waals surface area contributed by atoms with Crippen LogP contribution in [0, 0.1) is 0 Å². The molecule has 2 N–H and O–H groups in total. The molecule has 1 unspecified atom stereocenters. The first-order valence-electron chi connectivity index (χ1n) is 5.23. The van der Waals surface area contributed by atoms with Crippen molar-refractivity contribution in [1.82, 2.24) is 15.2 Å². The Labute approximate surface area is 113 Å². The molecule has 1 atom stereocenters. The number of H-pyrrole nitrogens is 1. The highest BCUT2D eigenvalue weighted by Gasteiger charge is 2.15. The monoisotopic (exact) mass is 282 g/mol. The molecule has 7 heteroatoms. The molecule has 0 saturated heterocycles. The van der Waals surface area contributed by atoms with Gasteiger partial charge in [0.05, 0.1) is 5.25 Å². The van der Waals surface area contributed by atoms with Crippen molar-refractivity contribution in [3.8, 4) is 0 Å². The lowest BCUT2D eigenvalue weighted by Gasteiger charge is -2.10. The average Bonchev–Trinajstić information content (AvgIpc) is 2.85. The van der Waals surface area contributed by atoms with E-state index in [1.54, 1.807) is 12.1 Å². The van der Waals surface area contributed by atoms with Crippen LogP contribution in [0.3, 0.4) is 0 Å². The van der Waals surface area contributed by atoms with Crippen LogP contribution in [0.5, 0.6) is 0 Å². The van der Waals surface area contributed by atoms with E-state index in [-0.39, 0.29) is 11.2 Å². The molecular formula is C11H11ClN4OS. The Bertz CT molecular complexity index is 514. The lowest BCUT2D eigenvalue weighted by molar-refractivity contribution is -0.115. The van der Waals surface area contributed by atoms with Gasteiger partial charge < -0.3 is 0 Å². The summed E-state index contributed by atoms with van der Waals surface area (Å²) in [5.74, 6) is 0.218. The first-order chi connectivity index (χ1) is 8.65. The minimum absolute atomic E-state index is 0.133. The second-order valence-electron chi connectivity index (χ2n) is 3.54. The van der Waals surface area contributed by atoms with E-state index in [0.717, 1.165) is 4.90 Å². The number of hydrogen-bond donors (Lipinski definition) is 2. The first kappa shape index (κ1) is 12.9. The van der Waals surface area contributed by atoms with Gasteiger partial charge in [-0.1, -0.05) is 11.6 Å². The van der Waals surface area contributed by atoms with Gasteiger partial charge in [0.25, 0.3) is 0 Å². The number of nitrogens with zero attached hydrogens (tertiary/aromatic N) is 2. The van der Waals surface area contributed by atoms with Crippen LogP contribution >= 0.6 is 23.4 Å². The number of anilines is 1. The maximum atomic E-state index is 11.8. The van der Waals surface area contributed by atoms with Crippen LogP contribution < -0.4 is 5.32 Å². The summed E-state index contributed by atoms with van der Waals surface area (Å²) in [7, 11) is 0. The lowest BCUT2D eigenvalue weighted by atomic mass is 10.4. The Morgan fingerprint density at radius 1 is 1.44 bits per heavy atom. The molecule has 1 heterocycles. The topological polar surface area (TPSA) is 70.7 Å². The number of aromatic nitrogens is 3. The Morgan fingerprint density at radius 2 is 2.17 bits per heavy atom. The Morgan fingerprint density at radius 3 is 2.78 bits per heavy atom. The van der Waals surface area contributed by atoms with Crippen molar-refractivity contribution in [1.29, 1.82) is 0 Å². The van der Waals surface area contributed by atoms with Gasteiger partial charge in [-0.15, -0.1) is 11.8 Å². The molecule has 5 nitrogen and oxygen atoms in total. The van der Waals surface area contributed by atoms with Crippen LogP contribution in [0.15, 0.2) is 35.5 Å². The van der Waals surface area contributed by atoms with E-state index >= 15 is 0 Å². The minimum atomic E-state index is -0.240. The van der Waals surface area contributed by atoms with Crippen molar-refractivity contribution >= 4 is 35.2 Å². The van der Waals surface area contributed by atoms with Crippen molar-refractivity contribution in [2.45, 2.75) is 17.1 Å². The number of amides is 1. The van der Waals surface area contributed by atoms with E-state index in [4.69, 9.17) is 11.6 Å². The molecule has 1 amide bonds. The van der Waals surface area contributed by atoms with Gasteiger partial charge in [0.2, 0.25) is 11.9 Å². The predicted molar refractivity (Wildman–Crippen MR) is 71.8 cm³/mol. The molecule has 2 aromatic rings. The first-order valence-corrected chi connectivity index (χ1v) is 6.49. The van der Waals surface area contributed by atoms with Crippen molar-refractivity contribution < 1.29 is 4.79 Å². The molecule has 1 aromatic carbocycles. The smallest absolute Gasteiger partial charge is 0.239 e. The minimum Gasteiger partial charge on any atom is -0.294 e. The molecule has 0 fully saturated rings.